The summed E-state index contributed by atoms with van der Waals surface area (Å²) in [6.07, 6.45) is 3.10. The van der Waals surface area contributed by atoms with E-state index in [1.165, 1.54) is 6.42 Å². The molecule has 0 aromatic heterocycles. The van der Waals surface area contributed by atoms with Crippen LogP contribution in [0.4, 0.5) is 0 Å². The van der Waals surface area contributed by atoms with Crippen molar-refractivity contribution in [1.29, 1.82) is 0 Å². The molecule has 4 nitrogen and oxygen atoms in total. The van der Waals surface area contributed by atoms with Crippen molar-refractivity contribution in [2.24, 2.45) is 5.92 Å². The molecule has 0 radical (unpaired) electrons. The van der Waals surface area contributed by atoms with E-state index in [0.29, 0.717) is 0 Å². The smallest absolute Gasteiger partial charge is 0.254 e. The number of carbonyl (C=O) groups is 1. The third kappa shape index (κ3) is 2.29. The van der Waals surface area contributed by atoms with Crippen molar-refractivity contribution >= 4 is 5.91 Å². The molecule has 2 heterocycles. The van der Waals surface area contributed by atoms with Gasteiger partial charge in [-0.05, 0) is 38.6 Å². The topological polar surface area (TPSA) is 32.8 Å². The second-order valence-corrected chi connectivity index (χ2v) is 6.99. The average molecular weight is 266 g/mol. The Labute approximate surface area is 116 Å². The summed E-state index contributed by atoms with van der Waals surface area (Å²) in [7, 11) is 0. The second kappa shape index (κ2) is 4.45. The van der Waals surface area contributed by atoms with Gasteiger partial charge < -0.3 is 9.64 Å². The van der Waals surface area contributed by atoms with E-state index in [4.69, 9.17) is 4.74 Å². The third-order valence-electron chi connectivity index (χ3n) is 4.70. The van der Waals surface area contributed by atoms with E-state index in [-0.39, 0.29) is 11.5 Å². The van der Waals surface area contributed by atoms with Crippen molar-refractivity contribution < 1.29 is 9.53 Å². The van der Waals surface area contributed by atoms with Gasteiger partial charge in [-0.25, -0.2) is 0 Å². The minimum absolute atomic E-state index is 0.0581. The summed E-state index contributed by atoms with van der Waals surface area (Å²) in [6, 6.07) is 0. The number of hydrogen-bond acceptors (Lipinski definition) is 3. The molecule has 0 aromatic carbocycles. The fourth-order valence-corrected chi connectivity index (χ4v) is 3.42. The molecule has 2 saturated heterocycles. The van der Waals surface area contributed by atoms with Crippen molar-refractivity contribution in [3.8, 4) is 0 Å². The second-order valence-electron chi connectivity index (χ2n) is 6.99. The van der Waals surface area contributed by atoms with Gasteiger partial charge in [0.05, 0.1) is 6.54 Å². The van der Waals surface area contributed by atoms with Crippen molar-refractivity contribution in [3.05, 3.63) is 0 Å². The Kier molecular flexibility index (Phi) is 3.13. The molecule has 0 unspecified atom stereocenters. The molecule has 0 aromatic rings. The Balaban J connectivity index is 1.59. The molecular formula is C15H26N2O2. The molecule has 108 valence electrons. The molecule has 2 aliphatic heterocycles. The van der Waals surface area contributed by atoms with Crippen LogP contribution in [0.3, 0.4) is 0 Å². The SMILES string of the molecule is CCN1CC2(CN(CCC(C)C)C2)OC2(CC2)C1=O. The molecule has 1 saturated carbocycles. The van der Waals surface area contributed by atoms with Crippen LogP contribution in [0.15, 0.2) is 0 Å². The maximum atomic E-state index is 12.3. The molecule has 3 fully saturated rings. The van der Waals surface area contributed by atoms with E-state index < -0.39 is 5.60 Å². The van der Waals surface area contributed by atoms with E-state index >= 15 is 0 Å². The van der Waals surface area contributed by atoms with Crippen LogP contribution in [0.2, 0.25) is 0 Å². The Bertz CT molecular complexity index is 370. The zero-order chi connectivity index (χ0) is 13.7. The largest absolute Gasteiger partial charge is 0.354 e. The van der Waals surface area contributed by atoms with E-state index in [0.717, 1.165) is 51.5 Å². The number of likely N-dealkylation sites (tertiary alicyclic amines) is 1. The summed E-state index contributed by atoms with van der Waals surface area (Å²) in [6.45, 7) is 11.4. The summed E-state index contributed by atoms with van der Waals surface area (Å²) in [5.41, 5.74) is -0.476. The third-order valence-corrected chi connectivity index (χ3v) is 4.70. The van der Waals surface area contributed by atoms with Gasteiger partial charge in [0.25, 0.3) is 5.91 Å². The fourth-order valence-electron chi connectivity index (χ4n) is 3.42. The number of ether oxygens (including phenoxy) is 1. The first-order chi connectivity index (χ1) is 8.99. The number of nitrogens with zero attached hydrogens (tertiary/aromatic N) is 2. The molecule has 3 aliphatic rings. The predicted molar refractivity (Wildman–Crippen MR) is 73.9 cm³/mol. The van der Waals surface area contributed by atoms with Crippen LogP contribution in [-0.4, -0.2) is 59.6 Å². The number of amides is 1. The number of hydrogen-bond donors (Lipinski definition) is 0. The molecular weight excluding hydrogens is 240 g/mol. The van der Waals surface area contributed by atoms with E-state index in [1.54, 1.807) is 0 Å². The van der Waals surface area contributed by atoms with E-state index in [2.05, 4.69) is 25.7 Å². The van der Waals surface area contributed by atoms with Gasteiger partial charge in [0.1, 0.15) is 11.2 Å². The number of likely N-dealkylation sites (N-methyl/N-ethyl adjacent to an activating group) is 1. The Morgan fingerprint density at radius 1 is 1.26 bits per heavy atom. The van der Waals surface area contributed by atoms with Gasteiger partial charge in [-0.1, -0.05) is 13.8 Å². The van der Waals surface area contributed by atoms with Gasteiger partial charge in [-0.15, -0.1) is 0 Å². The molecule has 0 atom stereocenters. The van der Waals surface area contributed by atoms with Crippen molar-refractivity contribution in [1.82, 2.24) is 9.80 Å². The Hall–Kier alpha value is -0.610. The van der Waals surface area contributed by atoms with Gasteiger partial charge in [-0.2, -0.15) is 0 Å². The maximum Gasteiger partial charge on any atom is 0.254 e. The molecule has 4 heteroatoms. The van der Waals surface area contributed by atoms with Crippen LogP contribution in [0.25, 0.3) is 0 Å². The van der Waals surface area contributed by atoms with Crippen LogP contribution in [0.5, 0.6) is 0 Å². The first kappa shape index (κ1) is 13.4. The zero-order valence-corrected chi connectivity index (χ0v) is 12.4. The number of rotatable bonds is 4. The summed E-state index contributed by atoms with van der Waals surface area (Å²) >= 11 is 0. The predicted octanol–water partition coefficient (Wildman–Crippen LogP) is 1.50. The summed E-state index contributed by atoms with van der Waals surface area (Å²) in [5, 5.41) is 0. The quantitative estimate of drug-likeness (QED) is 0.773. The zero-order valence-electron chi connectivity index (χ0n) is 12.4. The van der Waals surface area contributed by atoms with Gasteiger partial charge in [0.2, 0.25) is 0 Å². The van der Waals surface area contributed by atoms with Gasteiger partial charge in [0, 0.05) is 19.6 Å². The van der Waals surface area contributed by atoms with Crippen molar-refractivity contribution in [2.75, 3.05) is 32.7 Å². The monoisotopic (exact) mass is 266 g/mol. The summed E-state index contributed by atoms with van der Waals surface area (Å²) in [4.78, 5) is 16.7. The number of carbonyl (C=O) groups excluding carboxylic acids is 1. The summed E-state index contributed by atoms with van der Waals surface area (Å²) < 4.78 is 6.26. The van der Waals surface area contributed by atoms with Crippen molar-refractivity contribution in [2.45, 2.75) is 51.2 Å². The standard InChI is InChI=1S/C15H26N2O2/c1-4-17-11-14(19-15(6-7-15)13(17)18)9-16(10-14)8-5-12(2)3/h12H,4-11H2,1-3H3. The first-order valence-electron chi connectivity index (χ1n) is 7.70. The van der Waals surface area contributed by atoms with Crippen LogP contribution in [0, 0.1) is 5.92 Å². The van der Waals surface area contributed by atoms with Crippen molar-refractivity contribution in [3.63, 3.8) is 0 Å². The highest BCUT2D eigenvalue weighted by atomic mass is 16.5. The Morgan fingerprint density at radius 3 is 2.47 bits per heavy atom. The lowest BCUT2D eigenvalue weighted by molar-refractivity contribution is -0.225. The normalized spacial score (nSPS) is 28.2. The van der Waals surface area contributed by atoms with Crippen LogP contribution >= 0.6 is 0 Å². The molecule has 2 spiro atoms. The fraction of sp³-hybridized carbons (Fsp3) is 0.933. The van der Waals surface area contributed by atoms with E-state index in [1.807, 2.05) is 4.90 Å². The minimum Gasteiger partial charge on any atom is -0.354 e. The number of morpholine rings is 1. The molecule has 0 bridgehead atoms. The first-order valence-corrected chi connectivity index (χ1v) is 7.70. The van der Waals surface area contributed by atoms with Gasteiger partial charge >= 0.3 is 0 Å². The molecule has 1 aliphatic carbocycles. The minimum atomic E-state index is -0.418. The molecule has 1 amide bonds. The van der Waals surface area contributed by atoms with E-state index in [9.17, 15) is 4.79 Å². The molecule has 0 N–H and O–H groups in total. The highest BCUT2D eigenvalue weighted by Crippen LogP contribution is 2.49. The Morgan fingerprint density at radius 2 is 1.95 bits per heavy atom. The lowest BCUT2D eigenvalue weighted by Gasteiger charge is -2.56. The maximum absolute atomic E-state index is 12.3. The highest BCUT2D eigenvalue weighted by Gasteiger charge is 2.63. The highest BCUT2D eigenvalue weighted by molar-refractivity contribution is 5.89. The summed E-state index contributed by atoms with van der Waals surface area (Å²) in [5.74, 6) is 0.994. The lowest BCUT2D eigenvalue weighted by Crippen LogP contribution is -2.73. The van der Waals surface area contributed by atoms with Gasteiger partial charge in [-0.3, -0.25) is 9.69 Å². The van der Waals surface area contributed by atoms with Crippen LogP contribution in [-0.2, 0) is 9.53 Å². The lowest BCUT2D eigenvalue weighted by atomic mass is 9.89. The van der Waals surface area contributed by atoms with Gasteiger partial charge in [0.15, 0.2) is 0 Å². The van der Waals surface area contributed by atoms with Crippen LogP contribution in [0.1, 0.15) is 40.0 Å². The molecule has 19 heavy (non-hydrogen) atoms. The molecule has 3 rings (SSSR count). The van der Waals surface area contributed by atoms with Crippen LogP contribution < -0.4 is 0 Å². The average Bonchev–Trinajstić information content (AvgIpc) is 3.08.